The van der Waals surface area contributed by atoms with Crippen molar-refractivity contribution in [2.24, 2.45) is 5.10 Å². The average Bonchev–Trinajstić information content (AvgIpc) is 2.67. The monoisotopic (exact) mass is 360 g/mol. The van der Waals surface area contributed by atoms with Gasteiger partial charge in [0.1, 0.15) is 5.75 Å². The average molecular weight is 362 g/mol. The quantitative estimate of drug-likeness (QED) is 0.786. The molecule has 17 heavy (non-hydrogen) atoms. The zero-order chi connectivity index (χ0) is 12.4. The van der Waals surface area contributed by atoms with Gasteiger partial charge in [-0.25, -0.2) is 0 Å². The molecule has 0 aliphatic carbocycles. The third-order valence-corrected chi connectivity index (χ3v) is 2.90. The topological polar surface area (TPSA) is 102 Å². The van der Waals surface area contributed by atoms with Crippen LogP contribution < -0.4 is 5.73 Å². The van der Waals surface area contributed by atoms with Gasteiger partial charge in [-0.2, -0.15) is 5.10 Å². The van der Waals surface area contributed by atoms with Crippen molar-refractivity contribution in [3.63, 3.8) is 0 Å². The van der Waals surface area contributed by atoms with Crippen LogP contribution in [0.1, 0.15) is 5.56 Å². The zero-order valence-corrected chi connectivity index (χ0v) is 11.4. The number of hydrogen-bond donors (Lipinski definition) is 2. The number of halogens is 2. The van der Waals surface area contributed by atoms with Crippen LogP contribution in [0, 0.1) is 0 Å². The molecule has 0 aliphatic rings. The zero-order valence-electron chi connectivity index (χ0n) is 8.25. The van der Waals surface area contributed by atoms with Crippen molar-refractivity contribution in [1.82, 2.24) is 20.3 Å². The lowest BCUT2D eigenvalue weighted by Gasteiger charge is -2.02. The predicted molar refractivity (Wildman–Crippen MR) is 68.7 cm³/mol. The third-order valence-electron chi connectivity index (χ3n) is 1.84. The van der Waals surface area contributed by atoms with Gasteiger partial charge < -0.3 is 10.8 Å². The van der Waals surface area contributed by atoms with Crippen molar-refractivity contribution in [3.05, 3.63) is 26.6 Å². The van der Waals surface area contributed by atoms with Gasteiger partial charge in [-0.3, -0.25) is 0 Å². The van der Waals surface area contributed by atoms with Crippen molar-refractivity contribution < 1.29 is 5.11 Å². The molecule has 7 nitrogen and oxygen atoms in total. The van der Waals surface area contributed by atoms with Crippen LogP contribution in [0.25, 0.3) is 0 Å². The smallest absolute Gasteiger partial charge is 0.263 e. The summed E-state index contributed by atoms with van der Waals surface area (Å²) in [5.41, 5.74) is 5.94. The molecule has 0 fully saturated rings. The van der Waals surface area contributed by atoms with Crippen molar-refractivity contribution in [2.45, 2.75) is 0 Å². The Morgan fingerprint density at radius 2 is 2.18 bits per heavy atom. The minimum Gasteiger partial charge on any atom is -0.506 e. The van der Waals surface area contributed by atoms with Gasteiger partial charge in [0.2, 0.25) is 0 Å². The van der Waals surface area contributed by atoms with Crippen LogP contribution in [0.3, 0.4) is 0 Å². The van der Waals surface area contributed by atoms with E-state index in [0.29, 0.717) is 10.0 Å². The minimum atomic E-state index is 0.0646. The summed E-state index contributed by atoms with van der Waals surface area (Å²) >= 11 is 6.52. The summed E-state index contributed by atoms with van der Waals surface area (Å²) in [6, 6.07) is 3.42. The number of benzene rings is 1. The van der Waals surface area contributed by atoms with Crippen LogP contribution in [0.5, 0.6) is 5.75 Å². The molecule has 88 valence electrons. The number of nitrogens with two attached hydrogens (primary N) is 1. The van der Waals surface area contributed by atoms with Gasteiger partial charge in [0.25, 0.3) is 5.95 Å². The summed E-state index contributed by atoms with van der Waals surface area (Å²) in [4.78, 5) is 1.05. The number of nitrogen functional groups attached to an aromatic ring is 1. The van der Waals surface area contributed by atoms with E-state index in [9.17, 15) is 5.11 Å². The van der Waals surface area contributed by atoms with Crippen LogP contribution in [-0.4, -0.2) is 31.6 Å². The van der Waals surface area contributed by atoms with E-state index in [0.717, 1.165) is 9.26 Å². The first-order valence-electron chi connectivity index (χ1n) is 4.34. The van der Waals surface area contributed by atoms with E-state index in [1.54, 1.807) is 12.1 Å². The van der Waals surface area contributed by atoms with Gasteiger partial charge in [0.15, 0.2) is 0 Å². The Morgan fingerprint density at radius 1 is 1.41 bits per heavy atom. The largest absolute Gasteiger partial charge is 0.506 e. The summed E-state index contributed by atoms with van der Waals surface area (Å²) in [5, 5.41) is 24.0. The maximum Gasteiger partial charge on any atom is 0.263 e. The van der Waals surface area contributed by atoms with E-state index < -0.39 is 0 Å². The molecule has 2 rings (SSSR count). The molecule has 3 N–H and O–H groups in total. The van der Waals surface area contributed by atoms with Crippen LogP contribution in [0.4, 0.5) is 5.95 Å². The fourth-order valence-corrected chi connectivity index (χ4v) is 2.33. The summed E-state index contributed by atoms with van der Waals surface area (Å²) in [6.45, 7) is 0. The van der Waals surface area contributed by atoms with Gasteiger partial charge in [0, 0.05) is 10.0 Å². The van der Waals surface area contributed by atoms with Gasteiger partial charge in [-0.15, -0.1) is 0 Å². The molecule has 0 atom stereocenters. The fourth-order valence-electron chi connectivity index (χ4n) is 1.07. The van der Waals surface area contributed by atoms with Crippen molar-refractivity contribution in [2.75, 3.05) is 5.73 Å². The number of anilines is 1. The predicted octanol–water partition coefficient (Wildman–Crippen LogP) is 1.37. The molecule has 0 radical (unpaired) electrons. The Labute approximate surface area is 113 Å². The first-order valence-corrected chi connectivity index (χ1v) is 5.93. The Hall–Kier alpha value is -1.48. The molecule has 0 unspecified atom stereocenters. The lowest BCUT2D eigenvalue weighted by molar-refractivity contribution is 0.471. The first-order chi connectivity index (χ1) is 8.08. The van der Waals surface area contributed by atoms with E-state index in [4.69, 9.17) is 5.73 Å². The summed E-state index contributed by atoms with van der Waals surface area (Å²) in [6.07, 6.45) is 1.40. The molecule has 0 spiro atoms. The minimum absolute atomic E-state index is 0.0646. The van der Waals surface area contributed by atoms with Gasteiger partial charge >= 0.3 is 0 Å². The second kappa shape index (κ2) is 4.80. The molecular formula is C8H6Br2N6O. The molecule has 2 aromatic rings. The highest BCUT2D eigenvalue weighted by Crippen LogP contribution is 2.30. The molecular weight excluding hydrogens is 356 g/mol. The number of hydrogen-bond acceptors (Lipinski definition) is 6. The maximum atomic E-state index is 9.77. The van der Waals surface area contributed by atoms with Crippen LogP contribution in [0.15, 0.2) is 26.2 Å². The number of tetrazole rings is 1. The Balaban J connectivity index is 2.37. The normalized spacial score (nSPS) is 11.2. The fraction of sp³-hybridized carbons (Fsp3) is 0. The molecule has 0 amide bonds. The summed E-state index contributed by atoms with van der Waals surface area (Å²) in [5.74, 6) is 0.137. The molecule has 9 heteroatoms. The molecule has 1 aromatic carbocycles. The Kier molecular flexibility index (Phi) is 3.38. The molecule has 0 aliphatic heterocycles. The van der Waals surface area contributed by atoms with Crippen molar-refractivity contribution in [1.29, 1.82) is 0 Å². The summed E-state index contributed by atoms with van der Waals surface area (Å²) < 4.78 is 1.35. The highest BCUT2D eigenvalue weighted by molar-refractivity contribution is 9.11. The standard InChI is InChI=1S/C8H6Br2N6O/c9-5-1-4(7(17)6(10)2-5)3-12-16-8(11)13-14-15-16/h1-3,17H,(H2,11,13,15)/b12-3-. The molecule has 1 heterocycles. The third kappa shape index (κ3) is 2.61. The van der Waals surface area contributed by atoms with E-state index >= 15 is 0 Å². The number of aromatic nitrogens is 4. The van der Waals surface area contributed by atoms with Crippen molar-refractivity contribution >= 4 is 44.0 Å². The Morgan fingerprint density at radius 3 is 2.82 bits per heavy atom. The van der Waals surface area contributed by atoms with Gasteiger partial charge in [0.05, 0.1) is 10.7 Å². The van der Waals surface area contributed by atoms with E-state index in [1.807, 2.05) is 0 Å². The van der Waals surface area contributed by atoms with Gasteiger partial charge in [-0.1, -0.05) is 25.8 Å². The second-order valence-electron chi connectivity index (χ2n) is 3.00. The van der Waals surface area contributed by atoms with Crippen LogP contribution in [0.2, 0.25) is 0 Å². The van der Waals surface area contributed by atoms with E-state index in [1.165, 1.54) is 6.21 Å². The number of aromatic hydroxyl groups is 1. The Bertz CT molecular complexity index is 581. The number of phenols is 1. The van der Waals surface area contributed by atoms with Crippen molar-refractivity contribution in [3.8, 4) is 5.75 Å². The molecule has 0 saturated carbocycles. The number of nitrogens with zero attached hydrogens (tertiary/aromatic N) is 5. The first kappa shape index (κ1) is 12.0. The van der Waals surface area contributed by atoms with Crippen LogP contribution >= 0.6 is 31.9 Å². The molecule has 1 aromatic heterocycles. The van der Waals surface area contributed by atoms with Gasteiger partial charge in [-0.05, 0) is 38.5 Å². The van der Waals surface area contributed by atoms with Crippen LogP contribution in [-0.2, 0) is 0 Å². The highest BCUT2D eigenvalue weighted by atomic mass is 79.9. The second-order valence-corrected chi connectivity index (χ2v) is 4.77. The van der Waals surface area contributed by atoms with E-state index in [-0.39, 0.29) is 11.7 Å². The summed E-state index contributed by atoms with van der Waals surface area (Å²) in [7, 11) is 0. The highest BCUT2D eigenvalue weighted by Gasteiger charge is 2.06. The lowest BCUT2D eigenvalue weighted by atomic mass is 10.2. The SMILES string of the molecule is Nc1nnnn1/N=C\c1cc(Br)cc(Br)c1O. The molecule has 0 bridgehead atoms. The van der Waals surface area contributed by atoms with E-state index in [2.05, 4.69) is 52.5 Å². The molecule has 0 saturated heterocycles. The number of rotatable bonds is 2. The maximum absolute atomic E-state index is 9.77. The lowest BCUT2D eigenvalue weighted by Crippen LogP contribution is -1.99. The number of phenolic OH excluding ortho intramolecular Hbond substituents is 1.